The van der Waals surface area contributed by atoms with Gasteiger partial charge in [-0.3, -0.25) is 0 Å². The Morgan fingerprint density at radius 1 is 1.23 bits per heavy atom. The van der Waals surface area contributed by atoms with E-state index in [4.69, 9.17) is 0 Å². The summed E-state index contributed by atoms with van der Waals surface area (Å²) in [6.07, 6.45) is 7.88. The van der Waals surface area contributed by atoms with Crippen LogP contribution in [0.2, 0.25) is 0 Å². The lowest BCUT2D eigenvalue weighted by Crippen LogP contribution is -1.77. The van der Waals surface area contributed by atoms with Gasteiger partial charge in [0.05, 0.1) is 0 Å². The van der Waals surface area contributed by atoms with Crippen LogP contribution in [0.15, 0.2) is 61.2 Å². The highest BCUT2D eigenvalue weighted by molar-refractivity contribution is 5.73. The molecule has 0 aliphatic heterocycles. The molecule has 0 saturated carbocycles. The van der Waals surface area contributed by atoms with Crippen molar-refractivity contribution in [1.29, 1.82) is 0 Å². The number of allylic oxidation sites excluding steroid dienone is 5. The van der Waals surface area contributed by atoms with Gasteiger partial charge < -0.3 is 0 Å². The highest BCUT2D eigenvalue weighted by atomic mass is 14.0. The molecule has 0 aliphatic rings. The largest absolute Gasteiger partial charge is 0.0991 e. The predicted molar refractivity (Wildman–Crippen MR) is 59.4 cm³/mol. The van der Waals surface area contributed by atoms with E-state index in [1.165, 1.54) is 11.1 Å². The summed E-state index contributed by atoms with van der Waals surface area (Å²) < 4.78 is 0. The molecule has 0 heteroatoms. The van der Waals surface area contributed by atoms with Crippen LogP contribution in [0.3, 0.4) is 0 Å². The minimum atomic E-state index is 1.22. The maximum Gasteiger partial charge on any atom is -0.0187 e. The van der Waals surface area contributed by atoms with Gasteiger partial charge in [-0.2, -0.15) is 0 Å². The van der Waals surface area contributed by atoms with E-state index in [9.17, 15) is 0 Å². The van der Waals surface area contributed by atoms with E-state index >= 15 is 0 Å². The molecule has 0 heterocycles. The highest BCUT2D eigenvalue weighted by Gasteiger charge is 1.92. The van der Waals surface area contributed by atoms with Crippen molar-refractivity contribution in [2.45, 2.75) is 6.92 Å². The summed E-state index contributed by atoms with van der Waals surface area (Å²) in [5, 5.41) is 0. The highest BCUT2D eigenvalue weighted by Crippen LogP contribution is 2.14. The van der Waals surface area contributed by atoms with Crippen LogP contribution in [0.1, 0.15) is 12.5 Å². The SMILES string of the molecule is C=C/C=C/C(=C/C)c1ccccc1. The summed E-state index contributed by atoms with van der Waals surface area (Å²) in [5.74, 6) is 0. The molecule has 1 aromatic carbocycles. The average molecular weight is 170 g/mol. The van der Waals surface area contributed by atoms with E-state index in [0.29, 0.717) is 0 Å². The number of hydrogen-bond acceptors (Lipinski definition) is 0. The van der Waals surface area contributed by atoms with Crippen LogP contribution < -0.4 is 0 Å². The summed E-state index contributed by atoms with van der Waals surface area (Å²) in [5.41, 5.74) is 2.46. The maximum atomic E-state index is 3.65. The quantitative estimate of drug-likeness (QED) is 0.605. The van der Waals surface area contributed by atoms with Gasteiger partial charge in [0.25, 0.3) is 0 Å². The molecule has 0 atom stereocenters. The summed E-state index contributed by atoms with van der Waals surface area (Å²) >= 11 is 0. The van der Waals surface area contributed by atoms with Crippen LogP contribution in [-0.2, 0) is 0 Å². The minimum Gasteiger partial charge on any atom is -0.0991 e. The van der Waals surface area contributed by atoms with Crippen LogP contribution in [0.25, 0.3) is 5.57 Å². The molecule has 0 nitrogen and oxygen atoms in total. The molecule has 0 bridgehead atoms. The van der Waals surface area contributed by atoms with Crippen LogP contribution in [-0.4, -0.2) is 0 Å². The van der Waals surface area contributed by atoms with E-state index in [0.717, 1.165) is 0 Å². The average Bonchev–Trinajstić information content (AvgIpc) is 2.21. The molecule has 1 aromatic rings. The second-order valence-corrected chi connectivity index (χ2v) is 2.70. The summed E-state index contributed by atoms with van der Waals surface area (Å²) in [4.78, 5) is 0. The Morgan fingerprint density at radius 3 is 2.46 bits per heavy atom. The Morgan fingerprint density at radius 2 is 1.92 bits per heavy atom. The third kappa shape index (κ3) is 2.75. The van der Waals surface area contributed by atoms with Gasteiger partial charge in [-0.15, -0.1) is 0 Å². The van der Waals surface area contributed by atoms with Crippen molar-refractivity contribution in [2.75, 3.05) is 0 Å². The van der Waals surface area contributed by atoms with Crippen molar-refractivity contribution in [3.8, 4) is 0 Å². The lowest BCUT2D eigenvalue weighted by Gasteiger charge is -1.99. The fraction of sp³-hybridized carbons (Fsp3) is 0.0769. The molecule has 0 unspecified atom stereocenters. The molecule has 0 fully saturated rings. The van der Waals surface area contributed by atoms with Crippen molar-refractivity contribution in [3.05, 3.63) is 66.8 Å². The van der Waals surface area contributed by atoms with Crippen molar-refractivity contribution in [3.63, 3.8) is 0 Å². The van der Waals surface area contributed by atoms with Crippen LogP contribution in [0, 0.1) is 0 Å². The Bertz CT molecular complexity index is 315. The molecular weight excluding hydrogens is 156 g/mol. The zero-order valence-corrected chi connectivity index (χ0v) is 7.90. The molecule has 0 radical (unpaired) electrons. The van der Waals surface area contributed by atoms with Gasteiger partial charge in [0.15, 0.2) is 0 Å². The topological polar surface area (TPSA) is 0 Å². The van der Waals surface area contributed by atoms with Crippen molar-refractivity contribution < 1.29 is 0 Å². The first-order valence-electron chi connectivity index (χ1n) is 4.39. The number of rotatable bonds is 3. The first kappa shape index (κ1) is 9.53. The normalized spacial score (nSPS) is 11.9. The minimum absolute atomic E-state index is 1.22. The van der Waals surface area contributed by atoms with Crippen LogP contribution in [0.4, 0.5) is 0 Å². The first-order chi connectivity index (χ1) is 6.38. The molecule has 1 rings (SSSR count). The predicted octanol–water partition coefficient (Wildman–Crippen LogP) is 3.83. The monoisotopic (exact) mass is 170 g/mol. The molecule has 66 valence electrons. The van der Waals surface area contributed by atoms with E-state index in [1.807, 2.05) is 31.2 Å². The number of hydrogen-bond donors (Lipinski definition) is 0. The lowest BCUT2D eigenvalue weighted by molar-refractivity contribution is 1.59. The van der Waals surface area contributed by atoms with Gasteiger partial charge in [-0.25, -0.2) is 0 Å². The smallest absolute Gasteiger partial charge is 0.0187 e. The van der Waals surface area contributed by atoms with Crippen LogP contribution >= 0.6 is 0 Å². The first-order valence-corrected chi connectivity index (χ1v) is 4.39. The van der Waals surface area contributed by atoms with Gasteiger partial charge in [-0.05, 0) is 18.1 Å². The lowest BCUT2D eigenvalue weighted by atomic mass is 10.1. The fourth-order valence-corrected chi connectivity index (χ4v) is 1.16. The standard InChI is InChI=1S/C13H14/c1-3-5-9-12(4-2)13-10-7-6-8-11-13/h3-11H,1H2,2H3/b9-5+,12-4-. The zero-order chi connectivity index (χ0) is 9.52. The Hall–Kier alpha value is -1.56. The van der Waals surface area contributed by atoms with Crippen molar-refractivity contribution in [2.24, 2.45) is 0 Å². The molecule has 0 amide bonds. The molecule has 0 saturated heterocycles. The Kier molecular flexibility index (Phi) is 3.77. The van der Waals surface area contributed by atoms with E-state index in [-0.39, 0.29) is 0 Å². The van der Waals surface area contributed by atoms with E-state index in [1.54, 1.807) is 6.08 Å². The molecule has 0 aromatic heterocycles. The fourth-order valence-electron chi connectivity index (χ4n) is 1.16. The summed E-state index contributed by atoms with van der Waals surface area (Å²) in [6.45, 7) is 5.68. The maximum absolute atomic E-state index is 3.65. The van der Waals surface area contributed by atoms with Gasteiger partial charge in [0, 0.05) is 0 Å². The van der Waals surface area contributed by atoms with E-state index in [2.05, 4.69) is 30.9 Å². The second-order valence-electron chi connectivity index (χ2n) is 2.70. The summed E-state index contributed by atoms with van der Waals surface area (Å²) in [7, 11) is 0. The Balaban J connectivity index is 2.92. The molecule has 13 heavy (non-hydrogen) atoms. The van der Waals surface area contributed by atoms with Crippen LogP contribution in [0.5, 0.6) is 0 Å². The van der Waals surface area contributed by atoms with Gasteiger partial charge in [0.1, 0.15) is 0 Å². The van der Waals surface area contributed by atoms with Crippen molar-refractivity contribution >= 4 is 5.57 Å². The third-order valence-electron chi connectivity index (χ3n) is 1.83. The second kappa shape index (κ2) is 5.15. The van der Waals surface area contributed by atoms with Gasteiger partial charge >= 0.3 is 0 Å². The molecule has 0 N–H and O–H groups in total. The third-order valence-corrected chi connectivity index (χ3v) is 1.83. The number of benzene rings is 1. The zero-order valence-electron chi connectivity index (χ0n) is 7.90. The van der Waals surface area contributed by atoms with E-state index < -0.39 is 0 Å². The molecule has 0 spiro atoms. The van der Waals surface area contributed by atoms with Gasteiger partial charge in [-0.1, -0.05) is 61.2 Å². The molecular formula is C13H14. The van der Waals surface area contributed by atoms with Crippen molar-refractivity contribution in [1.82, 2.24) is 0 Å². The Labute approximate surface area is 79.9 Å². The van der Waals surface area contributed by atoms with Gasteiger partial charge in [0.2, 0.25) is 0 Å². The molecule has 0 aliphatic carbocycles. The summed E-state index contributed by atoms with van der Waals surface area (Å²) in [6, 6.07) is 10.3.